The van der Waals surface area contributed by atoms with Crippen molar-refractivity contribution in [1.29, 1.82) is 0 Å². The number of piperidine rings is 1. The van der Waals surface area contributed by atoms with Gasteiger partial charge in [-0.3, -0.25) is 9.59 Å². The Kier molecular flexibility index (Phi) is 4.74. The monoisotopic (exact) mass is 358 g/mol. The number of carbonyl (C=O) groups excluding carboxylic acids is 2. The van der Waals surface area contributed by atoms with E-state index in [1.54, 1.807) is 18.2 Å². The highest BCUT2D eigenvalue weighted by Gasteiger charge is 2.40. The molecule has 2 aliphatic heterocycles. The Morgan fingerprint density at radius 1 is 1.27 bits per heavy atom. The van der Waals surface area contributed by atoms with Gasteiger partial charge >= 0.3 is 0 Å². The van der Waals surface area contributed by atoms with E-state index in [0.717, 1.165) is 32.1 Å². The van der Waals surface area contributed by atoms with Gasteiger partial charge in [0.05, 0.1) is 0 Å². The van der Waals surface area contributed by atoms with Crippen LogP contribution in [0.25, 0.3) is 0 Å². The van der Waals surface area contributed by atoms with Gasteiger partial charge in [-0.25, -0.2) is 0 Å². The number of fused-ring (bicyclic) bond motifs is 2. The maximum atomic E-state index is 12.6. The van der Waals surface area contributed by atoms with Gasteiger partial charge in [0.1, 0.15) is 0 Å². The summed E-state index contributed by atoms with van der Waals surface area (Å²) in [4.78, 5) is 24.6. The van der Waals surface area contributed by atoms with Gasteiger partial charge in [0.15, 0.2) is 11.5 Å². The SMILES string of the molecule is CCCC1CC(=O)NC2CC(NC(=O)c3ccc4c(c3)OCO4)CCC12. The van der Waals surface area contributed by atoms with Crippen LogP contribution in [0.3, 0.4) is 0 Å². The normalized spacial score (nSPS) is 29.7. The Morgan fingerprint density at radius 2 is 2.12 bits per heavy atom. The first-order valence-corrected chi connectivity index (χ1v) is 9.64. The van der Waals surface area contributed by atoms with Crippen molar-refractivity contribution in [3.63, 3.8) is 0 Å². The zero-order valence-electron chi connectivity index (χ0n) is 15.1. The van der Waals surface area contributed by atoms with E-state index in [4.69, 9.17) is 9.47 Å². The lowest BCUT2D eigenvalue weighted by atomic mass is 9.70. The molecule has 2 N–H and O–H groups in total. The van der Waals surface area contributed by atoms with Gasteiger partial charge in [-0.15, -0.1) is 0 Å². The van der Waals surface area contributed by atoms with Gasteiger partial charge in [0.25, 0.3) is 5.91 Å². The zero-order valence-corrected chi connectivity index (χ0v) is 15.1. The number of hydrogen-bond donors (Lipinski definition) is 2. The molecule has 1 aromatic carbocycles. The standard InChI is InChI=1S/C20H26N2O4/c1-2-3-12-9-19(23)22-16-10-14(5-6-15(12)16)21-20(24)13-4-7-17-18(8-13)26-11-25-17/h4,7-8,12,14-16H,2-3,5-6,9-11H2,1H3,(H,21,24)(H,22,23). The third kappa shape index (κ3) is 3.37. The van der Waals surface area contributed by atoms with E-state index in [2.05, 4.69) is 17.6 Å². The summed E-state index contributed by atoms with van der Waals surface area (Å²) >= 11 is 0. The molecule has 4 atom stereocenters. The molecule has 4 rings (SSSR count). The summed E-state index contributed by atoms with van der Waals surface area (Å²) in [6, 6.07) is 5.53. The Hall–Kier alpha value is -2.24. The smallest absolute Gasteiger partial charge is 0.251 e. The average molecular weight is 358 g/mol. The molecule has 140 valence electrons. The molecule has 2 fully saturated rings. The fraction of sp³-hybridized carbons (Fsp3) is 0.600. The highest BCUT2D eigenvalue weighted by atomic mass is 16.7. The third-order valence-electron chi connectivity index (χ3n) is 5.93. The van der Waals surface area contributed by atoms with E-state index >= 15 is 0 Å². The Morgan fingerprint density at radius 3 is 2.96 bits per heavy atom. The van der Waals surface area contributed by atoms with Gasteiger partial charge in [-0.05, 0) is 55.7 Å². The van der Waals surface area contributed by atoms with Crippen LogP contribution in [0.5, 0.6) is 11.5 Å². The van der Waals surface area contributed by atoms with Crippen molar-refractivity contribution in [1.82, 2.24) is 10.6 Å². The second-order valence-corrected chi connectivity index (χ2v) is 7.64. The molecular weight excluding hydrogens is 332 g/mol. The number of rotatable bonds is 4. The van der Waals surface area contributed by atoms with Crippen LogP contribution in [0.1, 0.15) is 55.8 Å². The molecule has 6 heteroatoms. The molecule has 2 heterocycles. The summed E-state index contributed by atoms with van der Waals surface area (Å²) in [6.45, 7) is 2.38. The fourth-order valence-corrected chi connectivity index (χ4v) is 4.70. The van der Waals surface area contributed by atoms with E-state index in [0.29, 0.717) is 35.3 Å². The molecular formula is C20H26N2O4. The van der Waals surface area contributed by atoms with Crippen LogP contribution in [0.2, 0.25) is 0 Å². The average Bonchev–Trinajstić information content (AvgIpc) is 3.09. The molecule has 0 aromatic heterocycles. The molecule has 0 radical (unpaired) electrons. The summed E-state index contributed by atoms with van der Waals surface area (Å²) in [5.74, 6) is 2.39. The maximum Gasteiger partial charge on any atom is 0.251 e. The molecule has 3 aliphatic rings. The van der Waals surface area contributed by atoms with E-state index < -0.39 is 0 Å². The first-order chi connectivity index (χ1) is 12.6. The molecule has 1 aromatic rings. The van der Waals surface area contributed by atoms with E-state index in [9.17, 15) is 9.59 Å². The second kappa shape index (κ2) is 7.17. The van der Waals surface area contributed by atoms with Crippen molar-refractivity contribution in [2.24, 2.45) is 11.8 Å². The van der Waals surface area contributed by atoms with Crippen LogP contribution in [-0.4, -0.2) is 30.7 Å². The van der Waals surface area contributed by atoms with Crippen molar-refractivity contribution in [3.05, 3.63) is 23.8 Å². The number of hydrogen-bond acceptors (Lipinski definition) is 4. The molecule has 1 aliphatic carbocycles. The van der Waals surface area contributed by atoms with E-state index in [1.165, 1.54) is 0 Å². The van der Waals surface area contributed by atoms with E-state index in [1.807, 2.05) is 0 Å². The van der Waals surface area contributed by atoms with Gasteiger partial charge in [-0.1, -0.05) is 13.3 Å². The van der Waals surface area contributed by atoms with Crippen LogP contribution in [0.4, 0.5) is 0 Å². The third-order valence-corrected chi connectivity index (χ3v) is 5.93. The minimum atomic E-state index is -0.0982. The first-order valence-electron chi connectivity index (χ1n) is 9.64. The molecule has 2 amide bonds. The topological polar surface area (TPSA) is 76.7 Å². The van der Waals surface area contributed by atoms with Crippen LogP contribution in [0.15, 0.2) is 18.2 Å². The minimum Gasteiger partial charge on any atom is -0.454 e. The number of benzene rings is 1. The molecule has 0 bridgehead atoms. The molecule has 0 spiro atoms. The molecule has 1 saturated carbocycles. The maximum absolute atomic E-state index is 12.6. The van der Waals surface area contributed by atoms with E-state index in [-0.39, 0.29) is 30.7 Å². The number of ether oxygens (including phenoxy) is 2. The van der Waals surface area contributed by atoms with Crippen LogP contribution in [-0.2, 0) is 4.79 Å². The lowest BCUT2D eigenvalue weighted by Gasteiger charge is -2.44. The predicted octanol–water partition coefficient (Wildman–Crippen LogP) is 2.62. The summed E-state index contributed by atoms with van der Waals surface area (Å²) < 4.78 is 10.6. The highest BCUT2D eigenvalue weighted by molar-refractivity contribution is 5.95. The quantitative estimate of drug-likeness (QED) is 0.867. The van der Waals surface area contributed by atoms with Crippen molar-refractivity contribution < 1.29 is 19.1 Å². The first kappa shape index (κ1) is 17.2. The fourth-order valence-electron chi connectivity index (χ4n) is 4.70. The van der Waals surface area contributed by atoms with Crippen LogP contribution >= 0.6 is 0 Å². The van der Waals surface area contributed by atoms with Crippen molar-refractivity contribution >= 4 is 11.8 Å². The Labute approximate surface area is 153 Å². The summed E-state index contributed by atoms with van der Waals surface area (Å²) in [5.41, 5.74) is 0.577. The number of amides is 2. The Bertz CT molecular complexity index is 705. The molecule has 26 heavy (non-hydrogen) atoms. The molecule has 4 unspecified atom stereocenters. The van der Waals surface area contributed by atoms with Gasteiger partial charge in [0.2, 0.25) is 12.7 Å². The lowest BCUT2D eigenvalue weighted by Crippen LogP contribution is -2.55. The molecule has 1 saturated heterocycles. The minimum absolute atomic E-state index is 0.0925. The Balaban J connectivity index is 1.39. The summed E-state index contributed by atoms with van der Waals surface area (Å²) in [5, 5.41) is 6.29. The zero-order chi connectivity index (χ0) is 18.1. The summed E-state index contributed by atoms with van der Waals surface area (Å²) in [7, 11) is 0. The van der Waals surface area contributed by atoms with Crippen LogP contribution in [0, 0.1) is 11.8 Å². The van der Waals surface area contributed by atoms with Crippen molar-refractivity contribution in [2.45, 2.75) is 57.5 Å². The molecule has 6 nitrogen and oxygen atoms in total. The van der Waals surface area contributed by atoms with Crippen LogP contribution < -0.4 is 20.1 Å². The lowest BCUT2D eigenvalue weighted by molar-refractivity contribution is -0.127. The predicted molar refractivity (Wildman–Crippen MR) is 96.1 cm³/mol. The summed E-state index contributed by atoms with van der Waals surface area (Å²) in [6.07, 6.45) is 5.72. The van der Waals surface area contributed by atoms with Gasteiger partial charge < -0.3 is 20.1 Å². The highest BCUT2D eigenvalue weighted by Crippen LogP contribution is 2.38. The number of nitrogens with one attached hydrogen (secondary N) is 2. The van der Waals surface area contributed by atoms with Gasteiger partial charge in [-0.2, -0.15) is 0 Å². The largest absolute Gasteiger partial charge is 0.454 e. The van der Waals surface area contributed by atoms with Crippen molar-refractivity contribution in [2.75, 3.05) is 6.79 Å². The second-order valence-electron chi connectivity index (χ2n) is 7.64. The van der Waals surface area contributed by atoms with Crippen molar-refractivity contribution in [3.8, 4) is 11.5 Å². The number of carbonyl (C=O) groups is 2. The van der Waals surface area contributed by atoms with Gasteiger partial charge in [0, 0.05) is 24.1 Å².